The third kappa shape index (κ3) is 5.37. The van der Waals surface area contributed by atoms with Crippen molar-refractivity contribution in [3.63, 3.8) is 0 Å². The summed E-state index contributed by atoms with van der Waals surface area (Å²) in [5.74, 6) is 0.827. The van der Waals surface area contributed by atoms with Crippen molar-refractivity contribution in [1.82, 2.24) is 9.80 Å². The van der Waals surface area contributed by atoms with Crippen LogP contribution in [0.4, 0.5) is 4.79 Å². The molecule has 0 unspecified atom stereocenters. The Labute approximate surface area is 149 Å². The molecule has 0 aromatic heterocycles. The normalized spacial score (nSPS) is 17.2. The lowest BCUT2D eigenvalue weighted by Gasteiger charge is -2.33. The summed E-state index contributed by atoms with van der Waals surface area (Å²) >= 11 is 0. The molecule has 138 valence electrons. The molecule has 0 radical (unpaired) electrons. The number of primary amides is 1. The minimum absolute atomic E-state index is 0.0810. The number of carbonyl (C=O) groups is 2. The van der Waals surface area contributed by atoms with E-state index in [0.29, 0.717) is 26.2 Å². The van der Waals surface area contributed by atoms with Gasteiger partial charge in [-0.25, -0.2) is 4.79 Å². The number of carbonyl (C=O) groups excluding carboxylic acids is 2. The number of aryl methyl sites for hydroxylation is 2. The largest absolute Gasteiger partial charge is 0.493 e. The number of hydrogen-bond acceptors (Lipinski definition) is 3. The molecule has 1 aromatic rings. The van der Waals surface area contributed by atoms with Gasteiger partial charge >= 0.3 is 6.03 Å². The first kappa shape index (κ1) is 19.1. The molecule has 2 N–H and O–H groups in total. The van der Waals surface area contributed by atoms with Crippen molar-refractivity contribution in [3.05, 3.63) is 29.3 Å². The molecule has 1 aliphatic heterocycles. The number of amides is 3. The van der Waals surface area contributed by atoms with Gasteiger partial charge in [0.25, 0.3) is 0 Å². The predicted octanol–water partition coefficient (Wildman–Crippen LogP) is 2.32. The van der Waals surface area contributed by atoms with Crippen LogP contribution in [0.5, 0.6) is 5.75 Å². The molecule has 0 bridgehead atoms. The van der Waals surface area contributed by atoms with E-state index < -0.39 is 6.03 Å². The fourth-order valence-electron chi connectivity index (χ4n) is 3.25. The molecule has 2 rings (SSSR count). The smallest absolute Gasteiger partial charge is 0.314 e. The molecule has 0 saturated carbocycles. The van der Waals surface area contributed by atoms with E-state index in [1.165, 1.54) is 5.56 Å². The molecule has 25 heavy (non-hydrogen) atoms. The van der Waals surface area contributed by atoms with Crippen molar-refractivity contribution in [2.45, 2.75) is 33.1 Å². The summed E-state index contributed by atoms with van der Waals surface area (Å²) in [4.78, 5) is 27.1. The molecular formula is C19H29N3O3. The van der Waals surface area contributed by atoms with Crippen molar-refractivity contribution in [2.75, 3.05) is 33.3 Å². The third-order valence-corrected chi connectivity index (χ3v) is 4.68. The zero-order chi connectivity index (χ0) is 18.4. The van der Waals surface area contributed by atoms with Crippen LogP contribution in [0.3, 0.4) is 0 Å². The zero-order valence-electron chi connectivity index (χ0n) is 15.5. The van der Waals surface area contributed by atoms with Crippen LogP contribution in [0.2, 0.25) is 0 Å². The summed E-state index contributed by atoms with van der Waals surface area (Å²) < 4.78 is 5.81. The standard InChI is InChI=1S/C19H29N3O3/c1-14-7-8-17(15(2)12-14)25-11-5-9-21(3)18(23)16-6-4-10-22(13-16)19(20)24/h7-8,12,16H,4-6,9-11,13H2,1-3H3,(H2,20,24)/t16-/m1/s1. The summed E-state index contributed by atoms with van der Waals surface area (Å²) in [7, 11) is 1.81. The highest BCUT2D eigenvalue weighted by Crippen LogP contribution is 2.20. The Bertz CT molecular complexity index is 618. The van der Waals surface area contributed by atoms with Gasteiger partial charge in [-0.3, -0.25) is 4.79 Å². The number of benzene rings is 1. The fourth-order valence-corrected chi connectivity index (χ4v) is 3.25. The molecule has 1 atom stereocenters. The van der Waals surface area contributed by atoms with E-state index >= 15 is 0 Å². The maximum Gasteiger partial charge on any atom is 0.314 e. The molecule has 6 heteroatoms. The quantitative estimate of drug-likeness (QED) is 0.803. The van der Waals surface area contributed by atoms with Gasteiger partial charge in [-0.2, -0.15) is 0 Å². The van der Waals surface area contributed by atoms with Gasteiger partial charge < -0.3 is 20.3 Å². The van der Waals surface area contributed by atoms with Crippen LogP contribution in [0.25, 0.3) is 0 Å². The minimum Gasteiger partial charge on any atom is -0.493 e. The van der Waals surface area contributed by atoms with Crippen LogP contribution < -0.4 is 10.5 Å². The van der Waals surface area contributed by atoms with Crippen LogP contribution >= 0.6 is 0 Å². The van der Waals surface area contributed by atoms with Crippen molar-refractivity contribution in [1.29, 1.82) is 0 Å². The van der Waals surface area contributed by atoms with Crippen molar-refractivity contribution in [2.24, 2.45) is 11.7 Å². The first-order valence-corrected chi connectivity index (χ1v) is 8.88. The topological polar surface area (TPSA) is 75.9 Å². The highest BCUT2D eigenvalue weighted by atomic mass is 16.5. The van der Waals surface area contributed by atoms with E-state index in [0.717, 1.165) is 30.6 Å². The van der Waals surface area contributed by atoms with Crippen LogP contribution in [0.1, 0.15) is 30.4 Å². The Morgan fingerprint density at radius 1 is 1.36 bits per heavy atom. The van der Waals surface area contributed by atoms with Crippen molar-refractivity contribution in [3.8, 4) is 5.75 Å². The Morgan fingerprint density at radius 2 is 2.12 bits per heavy atom. The Morgan fingerprint density at radius 3 is 2.80 bits per heavy atom. The molecule has 1 heterocycles. The summed E-state index contributed by atoms with van der Waals surface area (Å²) in [6.45, 7) is 6.37. The Hall–Kier alpha value is -2.24. The van der Waals surface area contributed by atoms with Gasteiger partial charge in [0.05, 0.1) is 12.5 Å². The van der Waals surface area contributed by atoms with E-state index in [-0.39, 0.29) is 11.8 Å². The summed E-state index contributed by atoms with van der Waals surface area (Å²) in [5, 5.41) is 0. The van der Waals surface area contributed by atoms with Gasteiger partial charge in [-0.1, -0.05) is 17.7 Å². The zero-order valence-corrected chi connectivity index (χ0v) is 15.5. The number of nitrogens with two attached hydrogens (primary N) is 1. The third-order valence-electron chi connectivity index (χ3n) is 4.68. The van der Waals surface area contributed by atoms with Gasteiger partial charge in [0.1, 0.15) is 5.75 Å². The first-order valence-electron chi connectivity index (χ1n) is 8.88. The molecule has 0 spiro atoms. The van der Waals surface area contributed by atoms with Crippen LogP contribution in [-0.2, 0) is 4.79 Å². The van der Waals surface area contributed by atoms with E-state index in [1.54, 1.807) is 9.80 Å². The van der Waals surface area contributed by atoms with Gasteiger partial charge in [0, 0.05) is 26.7 Å². The maximum atomic E-state index is 12.5. The number of urea groups is 1. The maximum absolute atomic E-state index is 12.5. The van der Waals surface area contributed by atoms with Crippen molar-refractivity contribution >= 4 is 11.9 Å². The monoisotopic (exact) mass is 347 g/mol. The Kier molecular flexibility index (Phi) is 6.67. The molecular weight excluding hydrogens is 318 g/mol. The molecule has 1 fully saturated rings. The van der Waals surface area contributed by atoms with Gasteiger partial charge in [-0.15, -0.1) is 0 Å². The number of piperidine rings is 1. The fraction of sp³-hybridized carbons (Fsp3) is 0.579. The molecule has 6 nitrogen and oxygen atoms in total. The van der Waals surface area contributed by atoms with Gasteiger partial charge in [-0.05, 0) is 44.7 Å². The summed E-state index contributed by atoms with van der Waals surface area (Å²) in [6, 6.07) is 5.67. The van der Waals surface area contributed by atoms with Crippen LogP contribution in [0, 0.1) is 19.8 Å². The molecule has 1 aliphatic rings. The van der Waals surface area contributed by atoms with E-state index in [9.17, 15) is 9.59 Å². The second-order valence-electron chi connectivity index (χ2n) is 6.85. The summed E-state index contributed by atoms with van der Waals surface area (Å²) in [6.07, 6.45) is 2.40. The highest BCUT2D eigenvalue weighted by molar-refractivity contribution is 5.80. The number of hydrogen-bond donors (Lipinski definition) is 1. The summed E-state index contributed by atoms with van der Waals surface area (Å²) in [5.41, 5.74) is 7.66. The SMILES string of the molecule is Cc1ccc(OCCCN(C)C(=O)[C@@H]2CCCN(C(N)=O)C2)c(C)c1. The highest BCUT2D eigenvalue weighted by Gasteiger charge is 2.29. The van der Waals surface area contributed by atoms with Crippen molar-refractivity contribution < 1.29 is 14.3 Å². The number of rotatable bonds is 6. The average molecular weight is 347 g/mol. The molecule has 0 aliphatic carbocycles. The number of nitrogens with zero attached hydrogens (tertiary/aromatic N) is 2. The molecule has 1 aromatic carbocycles. The molecule has 3 amide bonds. The second kappa shape index (κ2) is 8.74. The van der Waals surface area contributed by atoms with Gasteiger partial charge in [0.15, 0.2) is 0 Å². The second-order valence-corrected chi connectivity index (χ2v) is 6.85. The van der Waals surface area contributed by atoms with Crippen LogP contribution in [0.15, 0.2) is 18.2 Å². The lowest BCUT2D eigenvalue weighted by Crippen LogP contribution is -2.47. The minimum atomic E-state index is -0.443. The number of likely N-dealkylation sites (tertiary alicyclic amines) is 1. The van der Waals surface area contributed by atoms with E-state index in [2.05, 4.69) is 13.0 Å². The predicted molar refractivity (Wildman–Crippen MR) is 97.5 cm³/mol. The molecule has 1 saturated heterocycles. The Balaban J connectivity index is 1.75. The van der Waals surface area contributed by atoms with E-state index in [1.807, 2.05) is 26.1 Å². The van der Waals surface area contributed by atoms with Crippen LogP contribution in [-0.4, -0.2) is 55.0 Å². The lowest BCUT2D eigenvalue weighted by atomic mass is 9.97. The van der Waals surface area contributed by atoms with Gasteiger partial charge in [0.2, 0.25) is 5.91 Å². The van der Waals surface area contributed by atoms with E-state index in [4.69, 9.17) is 10.5 Å². The average Bonchev–Trinajstić information content (AvgIpc) is 2.59. The number of ether oxygens (including phenoxy) is 1. The first-order chi connectivity index (χ1) is 11.9. The lowest BCUT2D eigenvalue weighted by molar-refractivity contribution is -0.135.